The molecule has 186 valence electrons. The molecule has 0 radical (unpaired) electrons. The molecule has 0 amide bonds. The van der Waals surface area contributed by atoms with Gasteiger partial charge in [0, 0.05) is 0 Å². The van der Waals surface area contributed by atoms with Gasteiger partial charge in [-0.05, 0) is 82.5 Å². The molecule has 0 nitrogen and oxygen atoms in total. The van der Waals surface area contributed by atoms with E-state index >= 15 is 0 Å². The molecule has 0 heterocycles. The van der Waals surface area contributed by atoms with Crippen molar-refractivity contribution in [3.05, 3.63) is 158 Å². The first-order valence-electron chi connectivity index (χ1n) is 15.5. The van der Waals surface area contributed by atoms with E-state index in [1.54, 1.807) is 0 Å². The average Bonchev–Trinajstić information content (AvgIpc) is 3.07. The Hall–Kier alpha value is -5.20. The molecular weight excluding hydrogens is 480 g/mol. The van der Waals surface area contributed by atoms with Crippen molar-refractivity contribution in [3.63, 3.8) is 0 Å². The Morgan fingerprint density at radius 1 is 0.350 bits per heavy atom. The van der Waals surface area contributed by atoms with Crippen molar-refractivity contribution in [1.82, 2.24) is 0 Å². The topological polar surface area (TPSA) is 0 Å². The molecule has 0 aliphatic rings. The molecule has 0 unspecified atom stereocenters. The Kier molecular flexibility index (Phi) is 4.37. The lowest BCUT2D eigenvalue weighted by atomic mass is 9.83. The molecule has 0 heteroatoms. The second-order valence-electron chi connectivity index (χ2n) is 10.2. The minimum Gasteiger partial charge on any atom is -0.0616 e. The lowest BCUT2D eigenvalue weighted by Crippen LogP contribution is -1.93. The fourth-order valence-electron chi connectivity index (χ4n) is 6.20. The summed E-state index contributed by atoms with van der Waals surface area (Å²) in [5.74, 6) is 0. The normalized spacial score (nSPS) is 12.9. The van der Waals surface area contributed by atoms with Crippen molar-refractivity contribution >= 4 is 43.1 Å². The summed E-state index contributed by atoms with van der Waals surface area (Å²) in [6.45, 7) is 0. The minimum atomic E-state index is -0.235. The van der Waals surface area contributed by atoms with Gasteiger partial charge in [0.25, 0.3) is 0 Å². The Balaban J connectivity index is 1.56. The van der Waals surface area contributed by atoms with Gasteiger partial charge < -0.3 is 0 Å². The maximum atomic E-state index is 9.34. The Bertz CT molecular complexity index is 2380. The van der Waals surface area contributed by atoms with Crippen LogP contribution in [-0.2, 0) is 0 Å². The van der Waals surface area contributed by atoms with Crippen LogP contribution < -0.4 is 0 Å². The number of benzene rings is 8. The molecular formula is C40H26. The molecule has 0 bridgehead atoms. The average molecular weight is 511 g/mol. The second kappa shape index (κ2) is 9.22. The number of hydrogen-bond donors (Lipinski definition) is 0. The maximum absolute atomic E-state index is 9.34. The van der Waals surface area contributed by atoms with E-state index in [9.17, 15) is 2.74 Å². The summed E-state index contributed by atoms with van der Waals surface area (Å²) < 4.78 is 36.0. The van der Waals surface area contributed by atoms with Gasteiger partial charge in [-0.1, -0.05) is 152 Å². The highest BCUT2D eigenvalue weighted by molar-refractivity contribution is 6.23. The van der Waals surface area contributed by atoms with Crippen molar-refractivity contribution in [1.29, 1.82) is 0 Å². The van der Waals surface area contributed by atoms with Crippen LogP contribution in [0.15, 0.2) is 158 Å². The van der Waals surface area contributed by atoms with E-state index in [0.29, 0.717) is 11.1 Å². The summed E-state index contributed by atoms with van der Waals surface area (Å²) in [5.41, 5.74) is 4.85. The highest BCUT2D eigenvalue weighted by Crippen LogP contribution is 2.46. The quantitative estimate of drug-likeness (QED) is 0.207. The summed E-state index contributed by atoms with van der Waals surface area (Å²) in [4.78, 5) is 0. The van der Waals surface area contributed by atoms with Crippen LogP contribution in [0.4, 0.5) is 0 Å². The van der Waals surface area contributed by atoms with Gasteiger partial charge in [0.2, 0.25) is 0 Å². The van der Waals surface area contributed by atoms with E-state index in [4.69, 9.17) is 2.74 Å². The first kappa shape index (κ1) is 19.0. The summed E-state index contributed by atoms with van der Waals surface area (Å²) in [7, 11) is 0. The molecule has 0 spiro atoms. The molecule has 0 aromatic heterocycles. The zero-order chi connectivity index (χ0) is 29.9. The maximum Gasteiger partial charge on any atom is 0.0629 e. The lowest BCUT2D eigenvalue weighted by Gasteiger charge is -2.20. The third-order valence-corrected chi connectivity index (χ3v) is 7.97. The van der Waals surface area contributed by atoms with Crippen LogP contribution in [0.5, 0.6) is 0 Å². The van der Waals surface area contributed by atoms with E-state index in [1.807, 2.05) is 66.7 Å². The predicted molar refractivity (Wildman–Crippen MR) is 173 cm³/mol. The Morgan fingerprint density at radius 2 is 0.875 bits per heavy atom. The minimum absolute atomic E-state index is 0.0379. The molecule has 0 atom stereocenters. The summed E-state index contributed by atoms with van der Waals surface area (Å²) in [6.07, 6.45) is 0. The molecule has 0 aliphatic carbocycles. The predicted octanol–water partition coefficient (Wildman–Crippen LogP) is 11.3. The van der Waals surface area contributed by atoms with Gasteiger partial charge in [-0.25, -0.2) is 0 Å². The highest BCUT2D eigenvalue weighted by Gasteiger charge is 2.19. The molecule has 40 heavy (non-hydrogen) atoms. The van der Waals surface area contributed by atoms with Crippen molar-refractivity contribution < 1.29 is 5.48 Å². The van der Waals surface area contributed by atoms with Crippen molar-refractivity contribution in [2.45, 2.75) is 0 Å². The fraction of sp³-hybridized carbons (Fsp3) is 0. The van der Waals surface area contributed by atoms with Crippen LogP contribution in [0.25, 0.3) is 76.5 Å². The van der Waals surface area contributed by atoms with Gasteiger partial charge in [-0.2, -0.15) is 0 Å². The smallest absolute Gasteiger partial charge is 0.0616 e. The van der Waals surface area contributed by atoms with Gasteiger partial charge in [-0.3, -0.25) is 0 Å². The third-order valence-electron chi connectivity index (χ3n) is 7.97. The number of fused-ring (bicyclic) bond motifs is 4. The summed E-state index contributed by atoms with van der Waals surface area (Å²) in [6, 6.07) is 44.9. The number of rotatable bonds is 3. The monoisotopic (exact) mass is 510 g/mol. The second-order valence-corrected chi connectivity index (χ2v) is 10.2. The molecule has 8 rings (SSSR count). The van der Waals surface area contributed by atoms with Gasteiger partial charge in [0.1, 0.15) is 0 Å². The molecule has 0 N–H and O–H groups in total. The SMILES string of the molecule is [2H]c1c([2H])c([2H])c(-c2c3ccccc3c(-c3ccc4ccccc4c3)c3ccccc23)c(-c2cccc3ccccc23)c1[2H]. The molecule has 0 fully saturated rings. The first-order chi connectivity index (χ1) is 21.5. The Labute approximate surface area is 239 Å². The van der Waals surface area contributed by atoms with Gasteiger partial charge in [0.15, 0.2) is 0 Å². The van der Waals surface area contributed by atoms with E-state index in [-0.39, 0.29) is 24.2 Å². The molecule has 0 aliphatic heterocycles. The molecule has 0 saturated carbocycles. The van der Waals surface area contributed by atoms with E-state index < -0.39 is 0 Å². The largest absolute Gasteiger partial charge is 0.0629 e. The standard InChI is InChI=1S/C40H26/c1-2-14-29-26-30(25-24-27(29)12-1)39-35-19-7-9-21-37(35)40(38-22-10-8-20-36(38)39)34-18-6-5-17-33(34)32-23-11-15-28-13-3-4-16-31(28)32/h1-26H/i5D,6D,17D,18D. The van der Waals surface area contributed by atoms with Crippen LogP contribution in [0.2, 0.25) is 0 Å². The summed E-state index contributed by atoms with van der Waals surface area (Å²) in [5, 5.41) is 8.27. The fourth-order valence-corrected chi connectivity index (χ4v) is 6.20. The van der Waals surface area contributed by atoms with Crippen LogP contribution in [0, 0.1) is 0 Å². The molecule has 8 aromatic carbocycles. The number of hydrogen-bond acceptors (Lipinski definition) is 0. The van der Waals surface area contributed by atoms with E-state index in [0.717, 1.165) is 60.0 Å². The highest BCUT2D eigenvalue weighted by atomic mass is 14.2. The van der Waals surface area contributed by atoms with Gasteiger partial charge in [-0.15, -0.1) is 0 Å². The molecule has 0 saturated heterocycles. The van der Waals surface area contributed by atoms with Gasteiger partial charge in [0.05, 0.1) is 5.48 Å². The first-order valence-corrected chi connectivity index (χ1v) is 13.5. The third kappa shape index (κ3) is 3.54. The molecule has 8 aromatic rings. The van der Waals surface area contributed by atoms with E-state index in [2.05, 4.69) is 66.7 Å². The van der Waals surface area contributed by atoms with Crippen LogP contribution in [0.1, 0.15) is 5.48 Å². The van der Waals surface area contributed by atoms with Crippen molar-refractivity contribution in [3.8, 4) is 33.4 Å². The lowest BCUT2D eigenvalue weighted by molar-refractivity contribution is 1.63. The summed E-state index contributed by atoms with van der Waals surface area (Å²) >= 11 is 0. The van der Waals surface area contributed by atoms with Gasteiger partial charge >= 0.3 is 0 Å². The van der Waals surface area contributed by atoms with Crippen LogP contribution in [0.3, 0.4) is 0 Å². The zero-order valence-electron chi connectivity index (χ0n) is 25.7. The van der Waals surface area contributed by atoms with Crippen molar-refractivity contribution in [2.75, 3.05) is 0 Å². The Morgan fingerprint density at radius 3 is 1.57 bits per heavy atom. The van der Waals surface area contributed by atoms with E-state index in [1.165, 1.54) is 5.39 Å². The van der Waals surface area contributed by atoms with Crippen LogP contribution in [-0.4, -0.2) is 0 Å². The van der Waals surface area contributed by atoms with Crippen LogP contribution >= 0.6 is 0 Å². The zero-order valence-corrected chi connectivity index (χ0v) is 21.7. The van der Waals surface area contributed by atoms with Crippen molar-refractivity contribution in [2.24, 2.45) is 0 Å².